The number of Topliss-reactive ketones (excluding diaryl/α,β-unsaturated/α-hetero) is 2. The van der Waals surface area contributed by atoms with Crippen molar-refractivity contribution in [1.29, 1.82) is 0 Å². The maximum Gasteiger partial charge on any atom is 0.166 e. The first-order chi connectivity index (χ1) is 17.9. The summed E-state index contributed by atoms with van der Waals surface area (Å²) in [6, 6.07) is 11.8. The summed E-state index contributed by atoms with van der Waals surface area (Å²) in [6.07, 6.45) is 8.88. The van der Waals surface area contributed by atoms with Gasteiger partial charge in [0, 0.05) is 47.5 Å². The molecule has 3 aliphatic rings. The molecule has 190 valence electrons. The first kappa shape index (κ1) is 25.6. The van der Waals surface area contributed by atoms with E-state index in [4.69, 9.17) is 11.6 Å². The molecule has 2 saturated carbocycles. The van der Waals surface area contributed by atoms with Gasteiger partial charge in [-0.15, -0.1) is 0 Å². The number of rotatable bonds is 5. The molecule has 1 aliphatic heterocycles. The monoisotopic (exact) mass is 512 g/mol. The van der Waals surface area contributed by atoms with Gasteiger partial charge in [0.15, 0.2) is 5.78 Å². The van der Waals surface area contributed by atoms with Crippen LogP contribution in [0.4, 0.5) is 0 Å². The zero-order chi connectivity index (χ0) is 25.9. The molecule has 2 heterocycles. The number of carbonyl (C=O) groups excluding carboxylic acids is 2. The number of halogens is 1. The van der Waals surface area contributed by atoms with Crippen molar-refractivity contribution in [2.45, 2.75) is 52.4 Å². The highest BCUT2D eigenvalue weighted by atomic mass is 35.5. The third-order valence-electron chi connectivity index (χ3n) is 8.57. The molecule has 1 aromatic heterocycles. The van der Waals surface area contributed by atoms with Crippen LogP contribution in [0.2, 0.25) is 0 Å². The topological polar surface area (TPSA) is 59.4 Å². The Morgan fingerprint density at radius 2 is 1.76 bits per heavy atom. The number of carbonyl (C=O) groups is 2. The number of aryl methyl sites for hydroxylation is 1. The van der Waals surface area contributed by atoms with Crippen LogP contribution in [0, 0.1) is 48.4 Å². The number of pyridine rings is 1. The minimum Gasteiger partial charge on any atom is -0.300 e. The number of allylic oxidation sites excluding steroid dienone is 1. The number of benzene rings is 1. The zero-order valence-corrected chi connectivity index (χ0v) is 22.3. The Hall–Kier alpha value is -3.03. The summed E-state index contributed by atoms with van der Waals surface area (Å²) >= 11 is 6.63. The lowest BCUT2D eigenvalue weighted by molar-refractivity contribution is -0.122. The van der Waals surface area contributed by atoms with Crippen molar-refractivity contribution >= 4 is 29.4 Å². The van der Waals surface area contributed by atoms with Crippen molar-refractivity contribution in [2.75, 3.05) is 6.54 Å². The molecule has 2 aliphatic carbocycles. The number of fused-ring (bicyclic) bond motifs is 1. The summed E-state index contributed by atoms with van der Waals surface area (Å²) in [7, 11) is 0. The van der Waals surface area contributed by atoms with Gasteiger partial charge in [0.25, 0.3) is 0 Å². The second kappa shape index (κ2) is 11.2. The Morgan fingerprint density at radius 3 is 2.51 bits per heavy atom. The first-order valence-corrected chi connectivity index (χ1v) is 13.7. The maximum atomic E-state index is 13.6. The SMILES string of the molecule is CC(=O)C1CCC2C[C@H](C3CN=CC(Cl)=C3C(=O)Cc3ncc(C#Cc4ccccc4)cc3C)CC2C1. The molecule has 37 heavy (non-hydrogen) atoms. The molecule has 0 saturated heterocycles. The molecule has 2 aromatic rings. The summed E-state index contributed by atoms with van der Waals surface area (Å²) < 4.78 is 0. The van der Waals surface area contributed by atoms with Gasteiger partial charge in [0.2, 0.25) is 0 Å². The Bertz CT molecular complexity index is 1320. The van der Waals surface area contributed by atoms with E-state index >= 15 is 0 Å². The quantitative estimate of drug-likeness (QED) is 0.453. The third-order valence-corrected chi connectivity index (χ3v) is 8.87. The van der Waals surface area contributed by atoms with Crippen LogP contribution in [0.5, 0.6) is 0 Å². The smallest absolute Gasteiger partial charge is 0.166 e. The van der Waals surface area contributed by atoms with Crippen molar-refractivity contribution in [3.05, 3.63) is 75.6 Å². The summed E-state index contributed by atoms with van der Waals surface area (Å²) in [6.45, 7) is 4.31. The van der Waals surface area contributed by atoms with Crippen molar-refractivity contribution in [3.8, 4) is 11.8 Å². The van der Waals surface area contributed by atoms with E-state index < -0.39 is 0 Å². The van der Waals surface area contributed by atoms with Crippen LogP contribution in [-0.2, 0) is 16.0 Å². The molecule has 5 atom stereocenters. The third kappa shape index (κ3) is 5.78. The Kier molecular flexibility index (Phi) is 7.72. The lowest BCUT2D eigenvalue weighted by Crippen LogP contribution is -2.28. The molecular weight excluding hydrogens is 480 g/mol. The van der Waals surface area contributed by atoms with Crippen molar-refractivity contribution in [2.24, 2.45) is 34.6 Å². The molecule has 2 fully saturated rings. The molecule has 0 radical (unpaired) electrons. The minimum atomic E-state index is 0.0383. The first-order valence-electron chi connectivity index (χ1n) is 13.3. The van der Waals surface area contributed by atoms with Gasteiger partial charge in [-0.25, -0.2) is 0 Å². The fourth-order valence-electron chi connectivity index (χ4n) is 6.58. The zero-order valence-electron chi connectivity index (χ0n) is 21.5. The molecule has 1 aromatic carbocycles. The van der Waals surface area contributed by atoms with E-state index in [1.165, 1.54) is 0 Å². The van der Waals surface area contributed by atoms with Gasteiger partial charge in [0.05, 0.1) is 17.1 Å². The van der Waals surface area contributed by atoms with Gasteiger partial charge in [-0.05, 0) is 87.5 Å². The second-order valence-electron chi connectivity index (χ2n) is 10.9. The average molecular weight is 513 g/mol. The minimum absolute atomic E-state index is 0.0383. The van der Waals surface area contributed by atoms with Gasteiger partial charge in [0.1, 0.15) is 5.78 Å². The number of aromatic nitrogens is 1. The van der Waals surface area contributed by atoms with E-state index in [-0.39, 0.29) is 24.0 Å². The number of nitrogens with zero attached hydrogens (tertiary/aromatic N) is 2. The molecule has 5 heteroatoms. The highest BCUT2D eigenvalue weighted by Crippen LogP contribution is 2.51. The Labute approximate surface area is 224 Å². The second-order valence-corrected chi connectivity index (χ2v) is 11.3. The fraction of sp³-hybridized carbons (Fsp3) is 0.438. The standard InChI is InChI=1S/C32H33ClN2O2/c1-20-12-23(9-8-22-6-4-3-5-7-22)17-35-30(20)16-31(37)32-28(18-34-19-29(32)33)27-14-25-11-10-24(21(2)36)13-26(25)15-27/h3-7,12,17,19,24-28H,10-11,13-16,18H2,1-2H3/t24?,25?,26?,27-,28?/m0/s1. The van der Waals surface area contributed by atoms with E-state index in [9.17, 15) is 9.59 Å². The maximum absolute atomic E-state index is 13.6. The van der Waals surface area contributed by atoms with E-state index in [1.807, 2.05) is 43.3 Å². The van der Waals surface area contributed by atoms with Gasteiger partial charge in [-0.3, -0.25) is 19.6 Å². The number of dihydropyridines is 1. The van der Waals surface area contributed by atoms with Crippen LogP contribution in [0.25, 0.3) is 0 Å². The van der Waals surface area contributed by atoms with Gasteiger partial charge in [-0.2, -0.15) is 0 Å². The molecule has 0 amide bonds. The summed E-state index contributed by atoms with van der Waals surface area (Å²) in [4.78, 5) is 34.7. The molecule has 0 bridgehead atoms. The molecule has 4 unspecified atom stereocenters. The van der Waals surface area contributed by atoms with Gasteiger partial charge >= 0.3 is 0 Å². The average Bonchev–Trinajstić information content (AvgIpc) is 3.32. The Balaban J connectivity index is 1.29. The van der Waals surface area contributed by atoms with Crippen molar-refractivity contribution in [3.63, 3.8) is 0 Å². The molecule has 4 nitrogen and oxygen atoms in total. The summed E-state index contributed by atoms with van der Waals surface area (Å²) in [5, 5.41) is 0.473. The Morgan fingerprint density at radius 1 is 1.00 bits per heavy atom. The van der Waals surface area contributed by atoms with Crippen LogP contribution < -0.4 is 0 Å². The van der Waals surface area contributed by atoms with E-state index in [0.717, 1.165) is 60.1 Å². The fourth-order valence-corrected chi connectivity index (χ4v) is 6.89. The number of hydrogen-bond donors (Lipinski definition) is 0. The van der Waals surface area contributed by atoms with Crippen LogP contribution in [-0.4, -0.2) is 29.3 Å². The van der Waals surface area contributed by atoms with E-state index in [0.29, 0.717) is 35.1 Å². The predicted molar refractivity (Wildman–Crippen MR) is 148 cm³/mol. The van der Waals surface area contributed by atoms with Crippen LogP contribution in [0.3, 0.4) is 0 Å². The van der Waals surface area contributed by atoms with E-state index in [1.54, 1.807) is 19.3 Å². The highest BCUT2D eigenvalue weighted by Gasteiger charge is 2.44. The number of ketones is 2. The summed E-state index contributed by atoms with van der Waals surface area (Å²) in [5.41, 5.74) is 4.22. The molecular formula is C32H33ClN2O2. The van der Waals surface area contributed by atoms with Crippen molar-refractivity contribution in [1.82, 2.24) is 4.98 Å². The number of aliphatic imine (C=N–C) groups is 1. The van der Waals surface area contributed by atoms with Crippen molar-refractivity contribution < 1.29 is 9.59 Å². The normalized spacial score (nSPS) is 26.8. The van der Waals surface area contributed by atoms with Gasteiger partial charge < -0.3 is 0 Å². The number of hydrogen-bond acceptors (Lipinski definition) is 4. The van der Waals surface area contributed by atoms with Gasteiger partial charge in [-0.1, -0.05) is 41.6 Å². The lowest BCUT2D eigenvalue weighted by Gasteiger charge is -2.30. The van der Waals surface area contributed by atoms with Crippen LogP contribution in [0.15, 0.2) is 58.2 Å². The molecule has 0 N–H and O–H groups in total. The lowest BCUT2D eigenvalue weighted by atomic mass is 9.75. The van der Waals surface area contributed by atoms with Crippen LogP contribution >= 0.6 is 11.6 Å². The highest BCUT2D eigenvalue weighted by molar-refractivity contribution is 6.41. The van der Waals surface area contributed by atoms with Crippen LogP contribution in [0.1, 0.15) is 61.4 Å². The molecule has 0 spiro atoms. The largest absolute Gasteiger partial charge is 0.300 e. The summed E-state index contributed by atoms with van der Waals surface area (Å²) in [5.74, 6) is 8.54. The van der Waals surface area contributed by atoms with E-state index in [2.05, 4.69) is 21.8 Å². The molecule has 5 rings (SSSR count). The predicted octanol–water partition coefficient (Wildman–Crippen LogP) is 6.13.